The third kappa shape index (κ3) is 7.29. The van der Waals surface area contributed by atoms with Gasteiger partial charge in [-0.3, -0.25) is 9.59 Å². The average Bonchev–Trinajstić information content (AvgIpc) is 4.08. The predicted octanol–water partition coefficient (Wildman–Crippen LogP) is 6.98. The Morgan fingerprint density at radius 1 is 0.768 bits per heavy atom. The molecular weight excluding hydrogens is 707 g/mol. The maximum atomic E-state index is 13.7. The first-order valence-electron chi connectivity index (χ1n) is 19.7. The SMILES string of the molecule is COC(=O)N[C@H](C(=O)N1CCC[C@H]1c1ncc(-c2ccc(-c3ccc(-c4cnc([C@@H]5[C@H]6CC[C@H](C6)[C@H]5C(=O)NC(C)c5cncnc5)[nH]4)cc3)cc2)[nH]1)C(C)C. The summed E-state index contributed by atoms with van der Waals surface area (Å²) >= 11 is 0. The summed E-state index contributed by atoms with van der Waals surface area (Å²) in [5, 5.41) is 5.94. The molecule has 3 aliphatic rings. The molecule has 3 amide bonds. The van der Waals surface area contributed by atoms with Gasteiger partial charge in [0.15, 0.2) is 0 Å². The Labute approximate surface area is 326 Å². The first-order valence-corrected chi connectivity index (χ1v) is 19.7. The van der Waals surface area contributed by atoms with Crippen molar-refractivity contribution in [2.75, 3.05) is 13.7 Å². The van der Waals surface area contributed by atoms with Crippen LogP contribution in [0, 0.1) is 23.7 Å². The van der Waals surface area contributed by atoms with E-state index in [2.05, 4.69) is 84.1 Å². The average molecular weight is 756 g/mol. The van der Waals surface area contributed by atoms with E-state index in [0.29, 0.717) is 18.4 Å². The third-order valence-electron chi connectivity index (χ3n) is 12.1. The van der Waals surface area contributed by atoms with E-state index in [1.807, 2.05) is 38.1 Å². The summed E-state index contributed by atoms with van der Waals surface area (Å²) < 4.78 is 4.76. The zero-order chi connectivity index (χ0) is 38.9. The molecule has 2 bridgehead atoms. The molecule has 0 spiro atoms. The summed E-state index contributed by atoms with van der Waals surface area (Å²) in [6.45, 7) is 6.40. The summed E-state index contributed by atoms with van der Waals surface area (Å²) in [4.78, 5) is 65.8. The second-order valence-electron chi connectivity index (χ2n) is 15.9. The standard InChI is InChI=1S/C43H49N9O4/c1-24(2)38(51-43(55)56-4)42(54)52-17-5-6-35(52)39-46-21-33(49-39)28-11-7-26(8-12-28)27-9-13-29(14-10-27)34-22-47-40(50-34)36-30-15-16-31(18-30)37(36)41(53)48-25(3)32-19-44-23-45-20-32/h7-14,19-25,30-31,35-38H,5-6,15-18H2,1-4H3,(H,46,49)(H,47,50)(H,48,53)(H,51,55)/t25?,30-,31+,35-,36+,37+,38-/m0/s1. The van der Waals surface area contributed by atoms with Crippen LogP contribution in [-0.2, 0) is 14.3 Å². The molecule has 2 aromatic carbocycles. The second kappa shape index (κ2) is 15.7. The molecule has 5 aromatic rings. The molecule has 1 saturated heterocycles. The van der Waals surface area contributed by atoms with Crippen LogP contribution in [0.15, 0.2) is 79.6 Å². The van der Waals surface area contributed by atoms with E-state index in [1.165, 1.54) is 13.4 Å². The van der Waals surface area contributed by atoms with Gasteiger partial charge in [0.05, 0.1) is 48.9 Å². The van der Waals surface area contributed by atoms with Gasteiger partial charge in [-0.1, -0.05) is 62.4 Å². The van der Waals surface area contributed by atoms with Crippen molar-refractivity contribution in [2.45, 2.75) is 76.9 Å². The Balaban J connectivity index is 0.922. The minimum Gasteiger partial charge on any atom is -0.453 e. The lowest BCUT2D eigenvalue weighted by Gasteiger charge is -2.30. The van der Waals surface area contributed by atoms with Crippen LogP contribution in [0.1, 0.15) is 88.1 Å². The Bertz CT molecular complexity index is 2160. The van der Waals surface area contributed by atoms with Crippen LogP contribution in [0.25, 0.3) is 33.6 Å². The van der Waals surface area contributed by atoms with Crippen LogP contribution >= 0.6 is 0 Å². The van der Waals surface area contributed by atoms with Crippen molar-refractivity contribution in [3.05, 3.63) is 96.9 Å². The first-order chi connectivity index (χ1) is 27.2. The van der Waals surface area contributed by atoms with E-state index in [1.54, 1.807) is 12.4 Å². The number of hydrogen-bond acceptors (Lipinski definition) is 8. The Kier molecular flexibility index (Phi) is 10.4. The number of carbonyl (C=O) groups is 3. The van der Waals surface area contributed by atoms with Crippen molar-refractivity contribution in [1.82, 2.24) is 45.4 Å². The van der Waals surface area contributed by atoms with E-state index in [-0.39, 0.29) is 41.7 Å². The van der Waals surface area contributed by atoms with Gasteiger partial charge in [-0.15, -0.1) is 0 Å². The maximum absolute atomic E-state index is 13.7. The molecule has 1 aliphatic heterocycles. The lowest BCUT2D eigenvalue weighted by molar-refractivity contribution is -0.135. The highest BCUT2D eigenvalue weighted by Gasteiger charge is 2.52. The summed E-state index contributed by atoms with van der Waals surface area (Å²) in [6, 6.07) is 15.8. The van der Waals surface area contributed by atoms with Gasteiger partial charge in [0.1, 0.15) is 24.0 Å². The van der Waals surface area contributed by atoms with Crippen molar-refractivity contribution in [1.29, 1.82) is 0 Å². The molecule has 2 aliphatic carbocycles. The summed E-state index contributed by atoms with van der Waals surface area (Å²) in [6.07, 6.45) is 13.0. The minimum absolute atomic E-state index is 0.0672. The molecule has 290 valence electrons. The van der Waals surface area contributed by atoms with Crippen molar-refractivity contribution < 1.29 is 19.1 Å². The number of carbonyl (C=O) groups excluding carboxylic acids is 3. The molecule has 0 radical (unpaired) electrons. The summed E-state index contributed by atoms with van der Waals surface area (Å²) in [5.74, 6) is 2.26. The molecule has 56 heavy (non-hydrogen) atoms. The van der Waals surface area contributed by atoms with E-state index < -0.39 is 12.1 Å². The summed E-state index contributed by atoms with van der Waals surface area (Å²) in [7, 11) is 1.30. The highest BCUT2D eigenvalue weighted by molar-refractivity contribution is 5.86. The Morgan fingerprint density at radius 2 is 1.36 bits per heavy atom. The molecule has 13 heteroatoms. The molecule has 8 rings (SSSR count). The normalized spacial score (nSPS) is 22.6. The molecule has 4 N–H and O–H groups in total. The van der Waals surface area contributed by atoms with Gasteiger partial charge < -0.3 is 30.2 Å². The van der Waals surface area contributed by atoms with Crippen LogP contribution in [0.3, 0.4) is 0 Å². The highest BCUT2D eigenvalue weighted by atomic mass is 16.5. The number of alkyl carbamates (subject to hydrolysis) is 1. The minimum atomic E-state index is -0.679. The predicted molar refractivity (Wildman–Crippen MR) is 211 cm³/mol. The number of H-pyrrole nitrogens is 2. The number of imidazole rings is 2. The molecule has 4 heterocycles. The van der Waals surface area contributed by atoms with Crippen LogP contribution in [0.2, 0.25) is 0 Å². The summed E-state index contributed by atoms with van der Waals surface area (Å²) in [5.41, 5.74) is 6.92. The lowest BCUT2D eigenvalue weighted by atomic mass is 9.78. The number of nitrogens with one attached hydrogen (secondary N) is 4. The van der Waals surface area contributed by atoms with Gasteiger partial charge >= 0.3 is 6.09 Å². The van der Waals surface area contributed by atoms with E-state index in [4.69, 9.17) is 9.72 Å². The fourth-order valence-corrected chi connectivity index (χ4v) is 9.17. The van der Waals surface area contributed by atoms with Crippen molar-refractivity contribution in [3.63, 3.8) is 0 Å². The topological polar surface area (TPSA) is 171 Å². The number of hydrogen-bond donors (Lipinski definition) is 4. The van der Waals surface area contributed by atoms with Gasteiger partial charge in [0.2, 0.25) is 11.8 Å². The third-order valence-corrected chi connectivity index (χ3v) is 12.1. The number of nitrogens with zero attached hydrogens (tertiary/aromatic N) is 5. The molecule has 3 aromatic heterocycles. The molecule has 7 atom stereocenters. The Hall–Kier alpha value is -5.85. The van der Waals surface area contributed by atoms with Crippen LogP contribution in [0.4, 0.5) is 4.79 Å². The number of rotatable bonds is 11. The van der Waals surface area contributed by atoms with Crippen molar-refractivity contribution in [3.8, 4) is 33.6 Å². The van der Waals surface area contributed by atoms with Crippen LogP contribution in [0.5, 0.6) is 0 Å². The zero-order valence-electron chi connectivity index (χ0n) is 32.2. The van der Waals surface area contributed by atoms with E-state index in [9.17, 15) is 14.4 Å². The monoisotopic (exact) mass is 755 g/mol. The van der Waals surface area contributed by atoms with Gasteiger partial charge in [-0.25, -0.2) is 24.7 Å². The van der Waals surface area contributed by atoms with E-state index >= 15 is 0 Å². The van der Waals surface area contributed by atoms with Crippen molar-refractivity contribution >= 4 is 17.9 Å². The van der Waals surface area contributed by atoms with Gasteiger partial charge in [-0.05, 0) is 79.0 Å². The van der Waals surface area contributed by atoms with E-state index in [0.717, 1.165) is 83.0 Å². The zero-order valence-corrected chi connectivity index (χ0v) is 32.2. The van der Waals surface area contributed by atoms with Gasteiger partial charge in [0, 0.05) is 30.4 Å². The Morgan fingerprint density at radius 3 is 1.98 bits per heavy atom. The lowest BCUT2D eigenvalue weighted by Crippen LogP contribution is -2.51. The number of aromatic nitrogens is 6. The van der Waals surface area contributed by atoms with Crippen LogP contribution < -0.4 is 10.6 Å². The number of ether oxygens (including phenoxy) is 1. The number of amides is 3. The largest absolute Gasteiger partial charge is 0.453 e. The number of aromatic amines is 2. The molecule has 2 saturated carbocycles. The molecule has 13 nitrogen and oxygen atoms in total. The van der Waals surface area contributed by atoms with Gasteiger partial charge in [-0.2, -0.15) is 0 Å². The smallest absolute Gasteiger partial charge is 0.407 e. The maximum Gasteiger partial charge on any atom is 0.407 e. The molecule has 1 unspecified atom stereocenters. The number of fused-ring (bicyclic) bond motifs is 2. The quantitative estimate of drug-likeness (QED) is 0.112. The molecular formula is C43H49N9O4. The second-order valence-corrected chi connectivity index (χ2v) is 15.9. The number of methoxy groups -OCH3 is 1. The fourth-order valence-electron chi connectivity index (χ4n) is 9.17. The fraction of sp³-hybridized carbons (Fsp3) is 0.419. The molecule has 3 fully saturated rings. The first kappa shape index (κ1) is 37.1. The van der Waals surface area contributed by atoms with Crippen molar-refractivity contribution in [2.24, 2.45) is 23.7 Å². The van der Waals surface area contributed by atoms with Crippen LogP contribution in [-0.4, -0.2) is 72.4 Å². The number of likely N-dealkylation sites (tertiary alicyclic amines) is 1. The number of benzene rings is 2. The van der Waals surface area contributed by atoms with Gasteiger partial charge in [0.25, 0.3) is 0 Å². The highest BCUT2D eigenvalue weighted by Crippen LogP contribution is 2.56.